The van der Waals surface area contributed by atoms with Crippen LogP contribution in [0.15, 0.2) is 30.3 Å². The molecule has 2 fully saturated rings. The molecule has 0 spiro atoms. The van der Waals surface area contributed by atoms with E-state index in [1.165, 1.54) is 0 Å². The van der Waals surface area contributed by atoms with Crippen LogP contribution in [0.5, 0.6) is 0 Å². The predicted octanol–water partition coefficient (Wildman–Crippen LogP) is 2.79. The topological polar surface area (TPSA) is 73.5 Å². The Morgan fingerprint density at radius 1 is 1.07 bits per heavy atom. The molecule has 2 aliphatic rings. The normalized spacial score (nSPS) is 25.6. The minimum atomic E-state index is -0.402. The van der Waals surface area contributed by atoms with Gasteiger partial charge < -0.3 is 20.9 Å². The van der Waals surface area contributed by atoms with Crippen molar-refractivity contribution in [3.05, 3.63) is 35.9 Å². The Kier molecular flexibility index (Phi) is 6.60. The molecule has 1 aromatic rings. The van der Waals surface area contributed by atoms with Crippen LogP contribution in [0.2, 0.25) is 0 Å². The van der Waals surface area contributed by atoms with E-state index in [1.54, 1.807) is 0 Å². The Balaban J connectivity index is 1.43. The van der Waals surface area contributed by atoms with Crippen molar-refractivity contribution in [2.75, 3.05) is 6.54 Å². The third-order valence-corrected chi connectivity index (χ3v) is 5.62. The number of amides is 3. The Morgan fingerprint density at radius 3 is 2.39 bits per heavy atom. The highest BCUT2D eigenvalue weighted by Gasteiger charge is 2.38. The second kappa shape index (κ2) is 8.95. The Labute approximate surface area is 168 Å². The molecule has 3 rings (SSSR count). The first-order chi connectivity index (χ1) is 13.3. The number of hydrogen-bond donors (Lipinski definition) is 3. The molecule has 1 saturated carbocycles. The summed E-state index contributed by atoms with van der Waals surface area (Å²) >= 11 is 0. The predicted molar refractivity (Wildman–Crippen MR) is 111 cm³/mol. The molecular weight excluding hydrogens is 352 g/mol. The largest absolute Gasteiger partial charge is 0.338 e. The van der Waals surface area contributed by atoms with Crippen molar-refractivity contribution in [2.45, 2.75) is 83.1 Å². The van der Waals surface area contributed by atoms with Gasteiger partial charge in [-0.05, 0) is 58.4 Å². The van der Waals surface area contributed by atoms with Gasteiger partial charge in [-0.2, -0.15) is 0 Å². The summed E-state index contributed by atoms with van der Waals surface area (Å²) in [5, 5.41) is 9.37. The standard InChI is InChI=1S/C22H34N4O2/c1-22(2,3)25-17-9-11-18(12-10-17)26-14-13-19(20(26)27)24-21(28)23-15-16-7-5-4-6-8-16/h4-8,17-19,25H,9-15H2,1-3H3,(H2,23,24,28). The monoisotopic (exact) mass is 386 g/mol. The third-order valence-electron chi connectivity index (χ3n) is 5.62. The smallest absolute Gasteiger partial charge is 0.315 e. The molecule has 1 saturated heterocycles. The van der Waals surface area contributed by atoms with Crippen molar-refractivity contribution in [1.29, 1.82) is 0 Å². The second-order valence-corrected chi connectivity index (χ2v) is 9.09. The first-order valence-electron chi connectivity index (χ1n) is 10.5. The van der Waals surface area contributed by atoms with Crippen LogP contribution in [0, 0.1) is 0 Å². The van der Waals surface area contributed by atoms with Gasteiger partial charge in [-0.25, -0.2) is 4.79 Å². The minimum absolute atomic E-state index is 0.0714. The van der Waals surface area contributed by atoms with Crippen molar-refractivity contribution >= 4 is 11.9 Å². The lowest BCUT2D eigenvalue weighted by molar-refractivity contribution is -0.131. The summed E-state index contributed by atoms with van der Waals surface area (Å²) in [6, 6.07) is 9.93. The molecule has 1 atom stereocenters. The Bertz CT molecular complexity index is 663. The van der Waals surface area contributed by atoms with E-state index in [1.807, 2.05) is 35.2 Å². The number of nitrogens with one attached hydrogen (secondary N) is 3. The van der Waals surface area contributed by atoms with E-state index >= 15 is 0 Å². The van der Waals surface area contributed by atoms with Crippen LogP contribution in [-0.2, 0) is 11.3 Å². The zero-order chi connectivity index (χ0) is 20.1. The summed E-state index contributed by atoms with van der Waals surface area (Å²) < 4.78 is 0. The maximum absolute atomic E-state index is 12.8. The molecule has 0 radical (unpaired) electrons. The molecule has 3 amide bonds. The number of likely N-dealkylation sites (tertiary alicyclic amines) is 1. The highest BCUT2D eigenvalue weighted by atomic mass is 16.2. The molecular formula is C22H34N4O2. The van der Waals surface area contributed by atoms with Gasteiger partial charge in [0.2, 0.25) is 5.91 Å². The summed E-state index contributed by atoms with van der Waals surface area (Å²) in [4.78, 5) is 27.0. The lowest BCUT2D eigenvalue weighted by atomic mass is 9.89. The summed E-state index contributed by atoms with van der Waals surface area (Å²) in [5.41, 5.74) is 1.17. The number of hydrogen-bond acceptors (Lipinski definition) is 3. The fraction of sp³-hybridized carbons (Fsp3) is 0.636. The Hall–Kier alpha value is -2.08. The number of nitrogens with zero attached hydrogens (tertiary/aromatic N) is 1. The highest BCUT2D eigenvalue weighted by Crippen LogP contribution is 2.27. The first-order valence-corrected chi connectivity index (χ1v) is 10.5. The lowest BCUT2D eigenvalue weighted by Crippen LogP contribution is -2.50. The SMILES string of the molecule is CC(C)(C)NC1CCC(N2CCC(NC(=O)NCc3ccccc3)C2=O)CC1. The highest BCUT2D eigenvalue weighted by molar-refractivity contribution is 5.88. The van der Waals surface area contributed by atoms with Crippen LogP contribution in [0.25, 0.3) is 0 Å². The maximum Gasteiger partial charge on any atom is 0.315 e. The van der Waals surface area contributed by atoms with E-state index in [0.29, 0.717) is 25.0 Å². The molecule has 1 heterocycles. The Morgan fingerprint density at radius 2 is 1.75 bits per heavy atom. The molecule has 1 aliphatic carbocycles. The van der Waals surface area contributed by atoms with Gasteiger partial charge in [-0.1, -0.05) is 30.3 Å². The fourth-order valence-corrected chi connectivity index (χ4v) is 4.33. The van der Waals surface area contributed by atoms with E-state index in [4.69, 9.17) is 0 Å². The van der Waals surface area contributed by atoms with Gasteiger partial charge in [-0.3, -0.25) is 4.79 Å². The molecule has 0 aromatic heterocycles. The van der Waals surface area contributed by atoms with Gasteiger partial charge in [0.1, 0.15) is 6.04 Å². The quantitative estimate of drug-likeness (QED) is 0.729. The van der Waals surface area contributed by atoms with Gasteiger partial charge in [-0.15, -0.1) is 0 Å². The van der Waals surface area contributed by atoms with Gasteiger partial charge in [0.25, 0.3) is 0 Å². The fourth-order valence-electron chi connectivity index (χ4n) is 4.33. The van der Waals surface area contributed by atoms with Gasteiger partial charge in [0, 0.05) is 30.7 Å². The van der Waals surface area contributed by atoms with Crippen LogP contribution in [0.3, 0.4) is 0 Å². The van der Waals surface area contributed by atoms with Crippen molar-refractivity contribution in [1.82, 2.24) is 20.9 Å². The average Bonchev–Trinajstić information content (AvgIpc) is 3.01. The summed E-state index contributed by atoms with van der Waals surface area (Å²) in [7, 11) is 0. The number of carbonyl (C=O) groups excluding carboxylic acids is 2. The van der Waals surface area contributed by atoms with E-state index < -0.39 is 6.04 Å². The summed E-state index contributed by atoms with van der Waals surface area (Å²) in [6.45, 7) is 7.79. The molecule has 1 aromatic carbocycles. The molecule has 1 aliphatic heterocycles. The maximum atomic E-state index is 12.8. The molecule has 154 valence electrons. The molecule has 1 unspecified atom stereocenters. The summed E-state index contributed by atoms with van der Waals surface area (Å²) in [5.74, 6) is 0.0714. The third kappa shape index (κ3) is 5.71. The van der Waals surface area contributed by atoms with E-state index in [0.717, 1.165) is 37.8 Å². The zero-order valence-corrected chi connectivity index (χ0v) is 17.3. The second-order valence-electron chi connectivity index (χ2n) is 9.09. The number of urea groups is 1. The zero-order valence-electron chi connectivity index (χ0n) is 17.3. The van der Waals surface area contributed by atoms with Crippen LogP contribution in [0.1, 0.15) is 58.4 Å². The van der Waals surface area contributed by atoms with Crippen molar-refractivity contribution in [3.63, 3.8) is 0 Å². The van der Waals surface area contributed by atoms with E-state index in [9.17, 15) is 9.59 Å². The van der Waals surface area contributed by atoms with Crippen LogP contribution < -0.4 is 16.0 Å². The van der Waals surface area contributed by atoms with E-state index in [-0.39, 0.29) is 17.5 Å². The van der Waals surface area contributed by atoms with Crippen LogP contribution >= 0.6 is 0 Å². The summed E-state index contributed by atoms with van der Waals surface area (Å²) in [6.07, 6.45) is 4.96. The van der Waals surface area contributed by atoms with Crippen LogP contribution in [-0.4, -0.2) is 47.0 Å². The average molecular weight is 387 g/mol. The van der Waals surface area contributed by atoms with Crippen molar-refractivity contribution in [2.24, 2.45) is 0 Å². The molecule has 3 N–H and O–H groups in total. The van der Waals surface area contributed by atoms with Crippen molar-refractivity contribution in [3.8, 4) is 0 Å². The van der Waals surface area contributed by atoms with Gasteiger partial charge in [0.05, 0.1) is 0 Å². The lowest BCUT2D eigenvalue weighted by Gasteiger charge is -2.37. The van der Waals surface area contributed by atoms with Gasteiger partial charge in [0.15, 0.2) is 0 Å². The number of benzene rings is 1. The molecule has 6 heteroatoms. The van der Waals surface area contributed by atoms with Gasteiger partial charge >= 0.3 is 6.03 Å². The number of carbonyl (C=O) groups is 2. The van der Waals surface area contributed by atoms with Crippen LogP contribution in [0.4, 0.5) is 4.79 Å². The number of rotatable bonds is 5. The minimum Gasteiger partial charge on any atom is -0.338 e. The molecule has 6 nitrogen and oxygen atoms in total. The van der Waals surface area contributed by atoms with Crippen molar-refractivity contribution < 1.29 is 9.59 Å². The first kappa shape index (κ1) is 20.6. The molecule has 28 heavy (non-hydrogen) atoms. The molecule has 0 bridgehead atoms. The van der Waals surface area contributed by atoms with E-state index in [2.05, 4.69) is 36.7 Å².